The third kappa shape index (κ3) is 5.45. The van der Waals surface area contributed by atoms with Crippen LogP contribution in [-0.4, -0.2) is 46.0 Å². The molecule has 0 aliphatic carbocycles. The van der Waals surface area contributed by atoms with E-state index in [9.17, 15) is 39.0 Å². The highest BCUT2D eigenvalue weighted by molar-refractivity contribution is 6.09. The molecule has 3 aromatic rings. The van der Waals surface area contributed by atoms with E-state index in [0.29, 0.717) is 0 Å². The molecule has 176 valence electrons. The number of carbonyl (C=O) groups is 6. The molecule has 3 rings (SSSR count). The van der Waals surface area contributed by atoms with Crippen LogP contribution < -0.4 is 0 Å². The van der Waals surface area contributed by atoms with Gasteiger partial charge in [0.15, 0.2) is 0 Å². The quantitative estimate of drug-likeness (QED) is 0.398. The number of hydrogen-bond donors (Lipinski definition) is 2. The van der Waals surface area contributed by atoms with E-state index in [1.165, 1.54) is 67.6 Å². The number of hydrogen-bond acceptors (Lipinski definition) is 8. The maximum atomic E-state index is 12.5. The molecule has 0 aliphatic heterocycles. The van der Waals surface area contributed by atoms with E-state index < -0.39 is 35.8 Å². The van der Waals surface area contributed by atoms with Crippen LogP contribution in [0.3, 0.4) is 0 Å². The summed E-state index contributed by atoms with van der Waals surface area (Å²) in [5, 5.41) is 18.4. The van der Waals surface area contributed by atoms with Crippen molar-refractivity contribution in [1.29, 1.82) is 0 Å². The first-order chi connectivity index (χ1) is 16.6. The van der Waals surface area contributed by atoms with Crippen LogP contribution in [0.15, 0.2) is 66.7 Å². The maximum absolute atomic E-state index is 12.5. The van der Waals surface area contributed by atoms with Crippen molar-refractivity contribution in [3.05, 3.63) is 106 Å². The zero-order chi connectivity index (χ0) is 25.7. The number of aromatic carboxylic acids is 2. The summed E-state index contributed by atoms with van der Waals surface area (Å²) >= 11 is 0. The molecule has 0 bridgehead atoms. The smallest absolute Gasteiger partial charge is 0.346 e. The van der Waals surface area contributed by atoms with Gasteiger partial charge in [-0.05, 0) is 55.0 Å². The van der Waals surface area contributed by atoms with E-state index in [1.54, 1.807) is 0 Å². The van der Waals surface area contributed by atoms with Crippen LogP contribution in [-0.2, 0) is 9.47 Å². The molecule has 0 amide bonds. The van der Waals surface area contributed by atoms with Gasteiger partial charge in [-0.1, -0.05) is 24.3 Å². The van der Waals surface area contributed by atoms with Gasteiger partial charge in [-0.2, -0.15) is 0 Å². The van der Waals surface area contributed by atoms with E-state index in [2.05, 4.69) is 0 Å². The number of aryl methyl sites for hydroxylation is 1. The Balaban J connectivity index is 1.75. The Hall–Kier alpha value is -5.12. The Morgan fingerprint density at radius 1 is 0.543 bits per heavy atom. The Morgan fingerprint density at radius 2 is 0.943 bits per heavy atom. The topological polar surface area (TPSA) is 161 Å². The first kappa shape index (κ1) is 24.5. The number of benzene rings is 3. The second-order valence-electron chi connectivity index (χ2n) is 7.09. The van der Waals surface area contributed by atoms with Crippen LogP contribution in [0.2, 0.25) is 0 Å². The third-order valence-corrected chi connectivity index (χ3v) is 4.81. The van der Waals surface area contributed by atoms with Gasteiger partial charge in [-0.15, -0.1) is 0 Å². The Bertz CT molecular complexity index is 1390. The van der Waals surface area contributed by atoms with E-state index in [1.807, 2.05) is 0 Å². The molecule has 0 heterocycles. The number of rotatable bonds is 6. The van der Waals surface area contributed by atoms with Crippen molar-refractivity contribution in [3.8, 4) is 0 Å². The van der Waals surface area contributed by atoms with Crippen LogP contribution in [0.25, 0.3) is 0 Å². The van der Waals surface area contributed by atoms with Gasteiger partial charge in [-0.25, -0.2) is 28.8 Å². The molecule has 0 saturated heterocycles. The van der Waals surface area contributed by atoms with Crippen molar-refractivity contribution in [2.24, 2.45) is 0 Å². The second-order valence-corrected chi connectivity index (χ2v) is 7.09. The number of carboxylic acid groups (broad SMARTS) is 2. The molecular formula is C25H16O10. The van der Waals surface area contributed by atoms with Gasteiger partial charge in [0, 0.05) is 0 Å². The lowest BCUT2D eigenvalue weighted by Crippen LogP contribution is -2.18. The molecule has 0 unspecified atom stereocenters. The summed E-state index contributed by atoms with van der Waals surface area (Å²) in [7, 11) is 0. The van der Waals surface area contributed by atoms with Gasteiger partial charge < -0.3 is 19.7 Å². The Morgan fingerprint density at radius 3 is 1.37 bits per heavy atom. The van der Waals surface area contributed by atoms with Crippen molar-refractivity contribution >= 4 is 35.8 Å². The highest BCUT2D eigenvalue weighted by atomic mass is 16.6. The molecule has 3 aromatic carbocycles. The van der Waals surface area contributed by atoms with E-state index >= 15 is 0 Å². The molecule has 0 radical (unpaired) electrons. The minimum atomic E-state index is -1.37. The Kier molecular flexibility index (Phi) is 7.16. The fourth-order valence-electron chi connectivity index (χ4n) is 3.11. The lowest BCUT2D eigenvalue weighted by atomic mass is 10.0. The molecule has 0 aliphatic rings. The van der Waals surface area contributed by atoms with Crippen molar-refractivity contribution in [2.75, 3.05) is 0 Å². The fourth-order valence-corrected chi connectivity index (χ4v) is 3.11. The van der Waals surface area contributed by atoms with Crippen molar-refractivity contribution in [3.63, 3.8) is 0 Å². The number of carbonyl (C=O) groups excluding carboxylic acids is 4. The van der Waals surface area contributed by atoms with E-state index in [0.717, 1.165) is 6.07 Å². The predicted molar refractivity (Wildman–Crippen MR) is 117 cm³/mol. The summed E-state index contributed by atoms with van der Waals surface area (Å²) in [6.07, 6.45) is 0. The summed E-state index contributed by atoms with van der Waals surface area (Å²) in [6, 6.07) is 13.9. The van der Waals surface area contributed by atoms with Gasteiger partial charge in [0.2, 0.25) is 0 Å². The molecule has 0 fully saturated rings. The van der Waals surface area contributed by atoms with Gasteiger partial charge in [0.05, 0.1) is 33.4 Å². The summed E-state index contributed by atoms with van der Waals surface area (Å²) in [5.41, 5.74) is -1.32. The van der Waals surface area contributed by atoms with E-state index in [-0.39, 0.29) is 38.9 Å². The molecule has 0 atom stereocenters. The second kappa shape index (κ2) is 10.2. The summed E-state index contributed by atoms with van der Waals surface area (Å²) < 4.78 is 9.54. The molecule has 35 heavy (non-hydrogen) atoms. The molecule has 0 saturated carbocycles. The van der Waals surface area contributed by atoms with Crippen molar-refractivity contribution in [2.45, 2.75) is 6.92 Å². The summed E-state index contributed by atoms with van der Waals surface area (Å²) in [4.78, 5) is 72.0. The molecule has 0 spiro atoms. The minimum Gasteiger partial charge on any atom is -0.478 e. The average Bonchev–Trinajstić information content (AvgIpc) is 2.83. The summed E-state index contributed by atoms with van der Waals surface area (Å²) in [5.74, 6) is -7.26. The highest BCUT2D eigenvalue weighted by Gasteiger charge is 2.24. The van der Waals surface area contributed by atoms with Crippen LogP contribution in [0, 0.1) is 6.92 Å². The van der Waals surface area contributed by atoms with Gasteiger partial charge in [-0.3, -0.25) is 0 Å². The summed E-state index contributed by atoms with van der Waals surface area (Å²) in [6.45, 7) is 1.44. The predicted octanol–water partition coefficient (Wildman–Crippen LogP) is 3.39. The first-order valence-electron chi connectivity index (χ1n) is 9.88. The lowest BCUT2D eigenvalue weighted by Gasteiger charge is -2.09. The molecular weight excluding hydrogens is 460 g/mol. The minimum absolute atomic E-state index is 0.0924. The van der Waals surface area contributed by atoms with Crippen molar-refractivity contribution in [1.82, 2.24) is 0 Å². The molecule has 0 aromatic heterocycles. The molecule has 2 N–H and O–H groups in total. The molecule has 10 heteroatoms. The lowest BCUT2D eigenvalue weighted by molar-refractivity contribution is 0.0373. The van der Waals surface area contributed by atoms with Crippen LogP contribution in [0.1, 0.15) is 67.7 Å². The monoisotopic (exact) mass is 476 g/mol. The SMILES string of the molecule is Cc1cc(C(=O)OC(=O)c2ccccc2C(=O)O)ccc1C(=O)OC(=O)c1ccccc1C(=O)O. The zero-order valence-corrected chi connectivity index (χ0v) is 18.0. The van der Waals surface area contributed by atoms with Crippen LogP contribution in [0.5, 0.6) is 0 Å². The van der Waals surface area contributed by atoms with Crippen LogP contribution in [0.4, 0.5) is 0 Å². The molecule has 10 nitrogen and oxygen atoms in total. The largest absolute Gasteiger partial charge is 0.478 e. The first-order valence-corrected chi connectivity index (χ1v) is 9.88. The van der Waals surface area contributed by atoms with Crippen LogP contribution >= 0.6 is 0 Å². The maximum Gasteiger partial charge on any atom is 0.346 e. The third-order valence-electron chi connectivity index (χ3n) is 4.81. The average molecular weight is 476 g/mol. The zero-order valence-electron chi connectivity index (χ0n) is 18.0. The number of carboxylic acids is 2. The van der Waals surface area contributed by atoms with Gasteiger partial charge in [0.25, 0.3) is 0 Å². The highest BCUT2D eigenvalue weighted by Crippen LogP contribution is 2.17. The van der Waals surface area contributed by atoms with E-state index in [4.69, 9.17) is 9.47 Å². The fraction of sp³-hybridized carbons (Fsp3) is 0.0400. The van der Waals surface area contributed by atoms with Gasteiger partial charge in [0.1, 0.15) is 0 Å². The standard InChI is InChI=1S/C25H16O10/c1-13-12-14(22(30)34-24(32)18-8-4-2-6-16(18)20(26)27)10-11-15(13)23(31)35-25(33)19-9-5-3-7-17(19)21(28)29/h2-12H,1H3,(H,26,27)(H,28,29). The van der Waals surface area contributed by atoms with Gasteiger partial charge >= 0.3 is 35.8 Å². The Labute approximate surface area is 197 Å². The number of esters is 4. The van der Waals surface area contributed by atoms with Crippen molar-refractivity contribution < 1.29 is 48.5 Å². The number of ether oxygens (including phenoxy) is 2. The normalized spacial score (nSPS) is 10.2.